The SMILES string of the molecule is CCOc1cc(C=Nn2c(C(F)F)n[nH]c2=S)ccc1O. The number of phenols is 1. The van der Waals surface area contributed by atoms with Crippen molar-refractivity contribution in [2.24, 2.45) is 5.10 Å². The van der Waals surface area contributed by atoms with Gasteiger partial charge in [-0.2, -0.15) is 14.9 Å². The summed E-state index contributed by atoms with van der Waals surface area (Å²) in [5.74, 6) is -0.298. The van der Waals surface area contributed by atoms with Gasteiger partial charge in [0.15, 0.2) is 11.5 Å². The lowest BCUT2D eigenvalue weighted by atomic mass is 10.2. The van der Waals surface area contributed by atoms with Crippen molar-refractivity contribution < 1.29 is 18.6 Å². The van der Waals surface area contributed by atoms with Crippen LogP contribution in [0.15, 0.2) is 23.3 Å². The summed E-state index contributed by atoms with van der Waals surface area (Å²) in [6.07, 6.45) is -1.48. The number of hydrogen-bond acceptors (Lipinski definition) is 5. The van der Waals surface area contributed by atoms with Crippen molar-refractivity contribution in [2.75, 3.05) is 6.61 Å². The van der Waals surface area contributed by atoms with Crippen LogP contribution in [-0.4, -0.2) is 32.8 Å². The number of aromatic hydroxyl groups is 1. The lowest BCUT2D eigenvalue weighted by Gasteiger charge is -2.06. The van der Waals surface area contributed by atoms with Gasteiger partial charge in [-0.1, -0.05) is 0 Å². The van der Waals surface area contributed by atoms with Crippen LogP contribution < -0.4 is 4.74 Å². The number of benzene rings is 1. The van der Waals surface area contributed by atoms with Crippen molar-refractivity contribution in [1.82, 2.24) is 14.9 Å². The van der Waals surface area contributed by atoms with Gasteiger partial charge in [-0.25, -0.2) is 13.9 Å². The molecule has 1 aromatic carbocycles. The molecule has 0 unspecified atom stereocenters. The van der Waals surface area contributed by atoms with Gasteiger partial charge in [0.05, 0.1) is 12.8 Å². The molecule has 9 heteroatoms. The first-order chi connectivity index (χ1) is 10.0. The molecule has 0 amide bonds. The summed E-state index contributed by atoms with van der Waals surface area (Å²) < 4.78 is 31.4. The summed E-state index contributed by atoms with van der Waals surface area (Å²) in [4.78, 5) is 0. The van der Waals surface area contributed by atoms with Crippen LogP contribution in [0.1, 0.15) is 24.7 Å². The monoisotopic (exact) mass is 314 g/mol. The molecule has 0 radical (unpaired) electrons. The largest absolute Gasteiger partial charge is 0.504 e. The molecule has 1 heterocycles. The van der Waals surface area contributed by atoms with Gasteiger partial charge in [0.2, 0.25) is 10.6 Å². The molecule has 0 spiro atoms. The van der Waals surface area contributed by atoms with Crippen molar-refractivity contribution in [1.29, 1.82) is 0 Å². The van der Waals surface area contributed by atoms with Gasteiger partial charge >= 0.3 is 0 Å². The number of ether oxygens (including phenoxy) is 1. The van der Waals surface area contributed by atoms with E-state index < -0.39 is 12.2 Å². The third-order valence-corrected chi connectivity index (χ3v) is 2.74. The highest BCUT2D eigenvalue weighted by Crippen LogP contribution is 2.26. The molecular formula is C12H12F2N4O2S. The predicted octanol–water partition coefficient (Wildman–Crippen LogP) is 2.86. The van der Waals surface area contributed by atoms with E-state index in [1.165, 1.54) is 18.3 Å². The average molecular weight is 314 g/mol. The van der Waals surface area contributed by atoms with Crippen LogP contribution in [-0.2, 0) is 0 Å². The number of nitrogens with one attached hydrogen (secondary N) is 1. The smallest absolute Gasteiger partial charge is 0.299 e. The Kier molecular flexibility index (Phi) is 4.63. The molecule has 2 rings (SSSR count). The lowest BCUT2D eigenvalue weighted by molar-refractivity contribution is 0.136. The van der Waals surface area contributed by atoms with Gasteiger partial charge in [-0.05, 0) is 42.9 Å². The van der Waals surface area contributed by atoms with Gasteiger partial charge in [-0.15, -0.1) is 0 Å². The Hall–Kier alpha value is -2.29. The van der Waals surface area contributed by atoms with Gasteiger partial charge in [0, 0.05) is 0 Å². The first kappa shape index (κ1) is 15.1. The number of aromatic amines is 1. The van der Waals surface area contributed by atoms with Gasteiger partial charge in [0.1, 0.15) is 0 Å². The zero-order valence-corrected chi connectivity index (χ0v) is 11.8. The van der Waals surface area contributed by atoms with E-state index in [-0.39, 0.29) is 16.3 Å². The Bertz CT molecular complexity index is 712. The predicted molar refractivity (Wildman–Crippen MR) is 74.6 cm³/mol. The third-order valence-electron chi connectivity index (χ3n) is 2.48. The number of aromatic nitrogens is 3. The Morgan fingerprint density at radius 1 is 1.57 bits per heavy atom. The van der Waals surface area contributed by atoms with Crippen molar-refractivity contribution in [3.05, 3.63) is 34.4 Å². The van der Waals surface area contributed by atoms with Crippen molar-refractivity contribution in [2.45, 2.75) is 13.3 Å². The minimum Gasteiger partial charge on any atom is -0.504 e. The molecule has 0 aliphatic heterocycles. The summed E-state index contributed by atoms with van der Waals surface area (Å²) in [6.45, 7) is 2.16. The Morgan fingerprint density at radius 3 is 3.00 bits per heavy atom. The second-order valence-electron chi connectivity index (χ2n) is 3.90. The fraction of sp³-hybridized carbons (Fsp3) is 0.250. The van der Waals surface area contributed by atoms with Crippen LogP contribution in [0, 0.1) is 4.77 Å². The van der Waals surface area contributed by atoms with Gasteiger partial charge in [0.25, 0.3) is 6.43 Å². The Morgan fingerprint density at radius 2 is 2.33 bits per heavy atom. The molecule has 0 atom stereocenters. The topological polar surface area (TPSA) is 75.4 Å². The number of alkyl halides is 2. The molecule has 0 aliphatic carbocycles. The molecule has 112 valence electrons. The zero-order chi connectivity index (χ0) is 15.4. The molecule has 6 nitrogen and oxygen atoms in total. The van der Waals surface area contributed by atoms with Crippen molar-refractivity contribution in [3.8, 4) is 11.5 Å². The van der Waals surface area contributed by atoms with Crippen LogP contribution in [0.5, 0.6) is 11.5 Å². The highest BCUT2D eigenvalue weighted by atomic mass is 32.1. The normalized spacial score (nSPS) is 11.4. The summed E-state index contributed by atoms with van der Waals surface area (Å²) in [5.41, 5.74) is 0.555. The maximum absolute atomic E-state index is 12.7. The average Bonchev–Trinajstić information content (AvgIpc) is 2.81. The highest BCUT2D eigenvalue weighted by Gasteiger charge is 2.15. The van der Waals surface area contributed by atoms with Crippen LogP contribution in [0.2, 0.25) is 0 Å². The first-order valence-electron chi connectivity index (χ1n) is 5.98. The van der Waals surface area contributed by atoms with Crippen LogP contribution in [0.25, 0.3) is 0 Å². The number of phenolic OH excluding ortho intramolecular Hbond substituents is 1. The van der Waals surface area contributed by atoms with E-state index in [9.17, 15) is 13.9 Å². The zero-order valence-electron chi connectivity index (χ0n) is 11.0. The first-order valence-corrected chi connectivity index (χ1v) is 6.39. The minimum atomic E-state index is -2.80. The van der Waals surface area contributed by atoms with E-state index in [0.717, 1.165) is 4.68 Å². The summed E-state index contributed by atoms with van der Waals surface area (Å²) in [5, 5.41) is 19.1. The van der Waals surface area contributed by atoms with E-state index in [0.29, 0.717) is 12.2 Å². The fourth-order valence-electron chi connectivity index (χ4n) is 1.56. The van der Waals surface area contributed by atoms with E-state index in [1.807, 2.05) is 0 Å². The molecule has 0 fully saturated rings. The van der Waals surface area contributed by atoms with Crippen LogP contribution in [0.4, 0.5) is 8.78 Å². The molecule has 0 aliphatic rings. The fourth-order valence-corrected chi connectivity index (χ4v) is 1.75. The standard InChI is InChI=1S/C12H12F2N4O2S/c1-2-20-9-5-7(3-4-8(9)19)6-15-18-11(10(13)14)16-17-12(18)21/h3-6,10,19H,2H2,1H3,(H,17,21). The number of H-pyrrole nitrogens is 1. The molecule has 21 heavy (non-hydrogen) atoms. The molecule has 0 saturated carbocycles. The Balaban J connectivity index is 2.32. The van der Waals surface area contributed by atoms with Crippen molar-refractivity contribution >= 4 is 18.4 Å². The molecule has 2 aromatic rings. The number of halogens is 2. The summed E-state index contributed by atoms with van der Waals surface area (Å²) in [6, 6.07) is 4.52. The van der Waals surface area contributed by atoms with Crippen molar-refractivity contribution in [3.63, 3.8) is 0 Å². The summed E-state index contributed by atoms with van der Waals surface area (Å²) >= 11 is 4.83. The maximum atomic E-state index is 12.7. The number of rotatable bonds is 5. The number of nitrogens with zero attached hydrogens (tertiary/aromatic N) is 3. The van der Waals surface area contributed by atoms with E-state index >= 15 is 0 Å². The second-order valence-corrected chi connectivity index (χ2v) is 4.29. The quantitative estimate of drug-likeness (QED) is 0.657. The van der Waals surface area contributed by atoms with Gasteiger partial charge in [-0.3, -0.25) is 0 Å². The molecule has 0 bridgehead atoms. The molecule has 1 aromatic heterocycles. The Labute approximate surface area is 123 Å². The lowest BCUT2D eigenvalue weighted by Crippen LogP contribution is -1.99. The van der Waals surface area contributed by atoms with Crippen LogP contribution >= 0.6 is 12.2 Å². The van der Waals surface area contributed by atoms with E-state index in [4.69, 9.17) is 17.0 Å². The maximum Gasteiger partial charge on any atom is 0.299 e. The third kappa shape index (κ3) is 3.43. The van der Waals surface area contributed by atoms with E-state index in [2.05, 4.69) is 15.3 Å². The molecular weight excluding hydrogens is 302 g/mol. The minimum absolute atomic E-state index is 0.0119. The summed E-state index contributed by atoms with van der Waals surface area (Å²) in [7, 11) is 0. The van der Waals surface area contributed by atoms with Crippen LogP contribution in [0.3, 0.4) is 0 Å². The molecule has 2 N–H and O–H groups in total. The van der Waals surface area contributed by atoms with E-state index in [1.54, 1.807) is 13.0 Å². The second kappa shape index (κ2) is 6.44. The highest BCUT2D eigenvalue weighted by molar-refractivity contribution is 7.71. The van der Waals surface area contributed by atoms with Gasteiger partial charge < -0.3 is 9.84 Å². The number of hydrogen-bond donors (Lipinski definition) is 2. The molecule has 0 saturated heterocycles.